The number of carbonyl (C=O) groups is 2. The highest BCUT2D eigenvalue weighted by Crippen LogP contribution is 2.29. The molecule has 0 aliphatic rings. The molecule has 0 radical (unpaired) electrons. The van der Waals surface area contributed by atoms with E-state index in [1.165, 1.54) is 13.3 Å². The van der Waals surface area contributed by atoms with E-state index in [0.717, 1.165) is 4.47 Å². The second kappa shape index (κ2) is 11.9. The molecule has 0 spiro atoms. The molecule has 3 rings (SSSR count). The van der Waals surface area contributed by atoms with Crippen LogP contribution in [0.4, 0.5) is 0 Å². The van der Waals surface area contributed by atoms with Crippen LogP contribution in [0.25, 0.3) is 0 Å². The Morgan fingerprint density at radius 3 is 2.35 bits per heavy atom. The fourth-order valence-corrected chi connectivity index (χ4v) is 3.29. The zero-order valence-corrected chi connectivity index (χ0v) is 20.4. The van der Waals surface area contributed by atoms with Gasteiger partial charge >= 0.3 is 5.97 Å². The van der Waals surface area contributed by atoms with Gasteiger partial charge in [0.05, 0.1) is 38.2 Å². The fourth-order valence-electron chi connectivity index (χ4n) is 2.93. The van der Waals surface area contributed by atoms with Crippen LogP contribution in [0.1, 0.15) is 33.2 Å². The monoisotopic (exact) mass is 526 g/mol. The normalized spacial score (nSPS) is 10.6. The van der Waals surface area contributed by atoms with Crippen LogP contribution in [0.2, 0.25) is 0 Å². The van der Waals surface area contributed by atoms with Crippen LogP contribution in [0, 0.1) is 0 Å². The van der Waals surface area contributed by atoms with Crippen LogP contribution in [0.15, 0.2) is 70.2 Å². The molecule has 0 fully saturated rings. The van der Waals surface area contributed by atoms with Crippen LogP contribution >= 0.6 is 15.9 Å². The average molecular weight is 527 g/mol. The number of amides is 1. The minimum absolute atomic E-state index is 0.266. The van der Waals surface area contributed by atoms with E-state index in [0.29, 0.717) is 40.5 Å². The SMILES string of the molecule is CCOc1cc(/C=N\NC(=O)c2cc(Br)ccc2OC)ccc1OC(=O)c1ccc(OC)cc1. The molecule has 176 valence electrons. The third kappa shape index (κ3) is 6.35. The van der Waals surface area contributed by atoms with Gasteiger partial charge in [-0.3, -0.25) is 4.79 Å². The van der Waals surface area contributed by atoms with Gasteiger partial charge in [-0.25, -0.2) is 10.2 Å². The third-order valence-corrected chi connectivity index (χ3v) is 5.08. The lowest BCUT2D eigenvalue weighted by molar-refractivity contribution is 0.0728. The van der Waals surface area contributed by atoms with Gasteiger partial charge in [0.25, 0.3) is 5.91 Å². The number of nitrogens with one attached hydrogen (secondary N) is 1. The Morgan fingerprint density at radius 1 is 0.941 bits per heavy atom. The summed E-state index contributed by atoms with van der Waals surface area (Å²) in [5, 5.41) is 4.01. The van der Waals surface area contributed by atoms with Gasteiger partial charge in [0.15, 0.2) is 11.5 Å². The van der Waals surface area contributed by atoms with E-state index in [2.05, 4.69) is 26.5 Å². The lowest BCUT2D eigenvalue weighted by Crippen LogP contribution is -2.18. The summed E-state index contributed by atoms with van der Waals surface area (Å²) in [6, 6.07) is 16.6. The molecule has 3 aromatic carbocycles. The lowest BCUT2D eigenvalue weighted by Gasteiger charge is -2.11. The van der Waals surface area contributed by atoms with Gasteiger partial charge in [0.1, 0.15) is 11.5 Å². The Balaban J connectivity index is 1.72. The summed E-state index contributed by atoms with van der Waals surface area (Å²) in [7, 11) is 3.04. The standard InChI is InChI=1S/C25H23BrN2O6/c1-4-33-23-13-16(15-27-28-24(29)20-14-18(26)8-12-21(20)32-3)5-11-22(23)34-25(30)17-6-9-19(31-2)10-7-17/h5-15H,4H2,1-3H3,(H,28,29)/b27-15-. The van der Waals surface area contributed by atoms with Gasteiger partial charge in [0.2, 0.25) is 0 Å². The number of hydrogen-bond donors (Lipinski definition) is 1. The minimum Gasteiger partial charge on any atom is -0.497 e. The summed E-state index contributed by atoms with van der Waals surface area (Å²) < 4.78 is 22.2. The number of methoxy groups -OCH3 is 2. The van der Waals surface area contributed by atoms with E-state index < -0.39 is 11.9 Å². The number of benzene rings is 3. The maximum atomic E-state index is 12.5. The quantitative estimate of drug-likeness (QED) is 0.185. The number of esters is 1. The lowest BCUT2D eigenvalue weighted by atomic mass is 10.2. The van der Waals surface area contributed by atoms with Crippen LogP contribution in [0.3, 0.4) is 0 Å². The summed E-state index contributed by atoms with van der Waals surface area (Å²) in [6.45, 7) is 2.19. The van der Waals surface area contributed by atoms with E-state index in [-0.39, 0.29) is 5.75 Å². The van der Waals surface area contributed by atoms with Gasteiger partial charge in [-0.15, -0.1) is 0 Å². The van der Waals surface area contributed by atoms with Crippen molar-refractivity contribution in [1.29, 1.82) is 0 Å². The smallest absolute Gasteiger partial charge is 0.343 e. The topological polar surface area (TPSA) is 95.5 Å². The molecule has 3 aromatic rings. The van der Waals surface area contributed by atoms with Gasteiger partial charge in [-0.1, -0.05) is 15.9 Å². The highest BCUT2D eigenvalue weighted by Gasteiger charge is 2.14. The number of nitrogens with zero attached hydrogens (tertiary/aromatic N) is 1. The molecule has 1 N–H and O–H groups in total. The first-order valence-electron chi connectivity index (χ1n) is 10.2. The van der Waals surface area contributed by atoms with Crippen molar-refractivity contribution in [2.24, 2.45) is 5.10 Å². The highest BCUT2D eigenvalue weighted by atomic mass is 79.9. The van der Waals surface area contributed by atoms with Gasteiger partial charge in [-0.2, -0.15) is 5.10 Å². The predicted molar refractivity (Wildman–Crippen MR) is 131 cm³/mol. The Hall–Kier alpha value is -3.85. The first-order valence-corrected chi connectivity index (χ1v) is 11.0. The molecule has 34 heavy (non-hydrogen) atoms. The van der Waals surface area contributed by atoms with Crippen molar-refractivity contribution in [3.8, 4) is 23.0 Å². The maximum absolute atomic E-state index is 12.5. The van der Waals surface area contributed by atoms with E-state index in [9.17, 15) is 9.59 Å². The number of hydrazone groups is 1. The number of rotatable bonds is 9. The fraction of sp³-hybridized carbons (Fsp3) is 0.160. The van der Waals surface area contributed by atoms with Gasteiger partial charge in [-0.05, 0) is 73.2 Å². The molecule has 0 bridgehead atoms. The molecule has 0 atom stereocenters. The van der Waals surface area contributed by atoms with Gasteiger partial charge in [0, 0.05) is 4.47 Å². The van der Waals surface area contributed by atoms with Crippen LogP contribution in [0.5, 0.6) is 23.0 Å². The number of halogens is 1. The van der Waals surface area contributed by atoms with Crippen molar-refractivity contribution < 1.29 is 28.5 Å². The summed E-state index contributed by atoms with van der Waals surface area (Å²) in [6.07, 6.45) is 1.46. The molecule has 0 aliphatic heterocycles. The van der Waals surface area contributed by atoms with E-state index in [4.69, 9.17) is 18.9 Å². The molecule has 1 amide bonds. The summed E-state index contributed by atoms with van der Waals surface area (Å²) in [5.74, 6) is 0.749. The van der Waals surface area contributed by atoms with Crippen LogP contribution in [-0.2, 0) is 0 Å². The predicted octanol–water partition coefficient (Wildman–Crippen LogP) is 4.85. The first-order chi connectivity index (χ1) is 16.4. The van der Waals surface area contributed by atoms with E-state index in [1.807, 2.05) is 6.92 Å². The molecule has 0 saturated carbocycles. The number of ether oxygens (including phenoxy) is 4. The molecule has 0 aromatic heterocycles. The molecule has 0 unspecified atom stereocenters. The molecule has 0 aliphatic carbocycles. The van der Waals surface area contributed by atoms with Crippen molar-refractivity contribution in [2.75, 3.05) is 20.8 Å². The van der Waals surface area contributed by atoms with Crippen molar-refractivity contribution in [2.45, 2.75) is 6.92 Å². The van der Waals surface area contributed by atoms with Crippen LogP contribution in [-0.4, -0.2) is 38.9 Å². The van der Waals surface area contributed by atoms with Crippen molar-refractivity contribution >= 4 is 34.0 Å². The Bertz CT molecular complexity index is 1190. The summed E-state index contributed by atoms with van der Waals surface area (Å²) in [5.41, 5.74) is 3.82. The third-order valence-electron chi connectivity index (χ3n) is 4.58. The first kappa shape index (κ1) is 24.8. The largest absolute Gasteiger partial charge is 0.497 e. The van der Waals surface area contributed by atoms with Gasteiger partial charge < -0.3 is 18.9 Å². The Labute approximate surface area is 205 Å². The second-order valence-corrected chi connectivity index (χ2v) is 7.72. The van der Waals surface area contributed by atoms with Crippen molar-refractivity contribution in [1.82, 2.24) is 5.43 Å². The summed E-state index contributed by atoms with van der Waals surface area (Å²) >= 11 is 3.34. The Kier molecular flexibility index (Phi) is 8.64. The zero-order chi connectivity index (χ0) is 24.5. The average Bonchev–Trinajstić information content (AvgIpc) is 2.85. The van der Waals surface area contributed by atoms with Crippen molar-refractivity contribution in [3.05, 3.63) is 81.8 Å². The molecule has 8 nitrogen and oxygen atoms in total. The highest BCUT2D eigenvalue weighted by molar-refractivity contribution is 9.10. The minimum atomic E-state index is -0.528. The molecular formula is C25H23BrN2O6. The number of hydrogen-bond acceptors (Lipinski definition) is 7. The zero-order valence-electron chi connectivity index (χ0n) is 18.8. The second-order valence-electron chi connectivity index (χ2n) is 6.80. The summed E-state index contributed by atoms with van der Waals surface area (Å²) in [4.78, 5) is 25.0. The molecule has 9 heteroatoms. The van der Waals surface area contributed by atoms with Crippen LogP contribution < -0.4 is 24.4 Å². The van der Waals surface area contributed by atoms with Crippen molar-refractivity contribution in [3.63, 3.8) is 0 Å². The van der Waals surface area contributed by atoms with E-state index in [1.54, 1.807) is 67.8 Å². The molecular weight excluding hydrogens is 504 g/mol. The molecule has 0 heterocycles. The van der Waals surface area contributed by atoms with E-state index >= 15 is 0 Å². The Morgan fingerprint density at radius 2 is 1.68 bits per heavy atom. The maximum Gasteiger partial charge on any atom is 0.343 e. The molecule has 0 saturated heterocycles. The number of carbonyl (C=O) groups excluding carboxylic acids is 2.